The number of hydrogen-bond donors (Lipinski definition) is 2. The number of hydrogen-bond acceptors (Lipinski definition) is 3. The van der Waals surface area contributed by atoms with Crippen molar-refractivity contribution in [2.24, 2.45) is 0 Å². The average molecular weight is 249 g/mol. The second-order valence-corrected chi connectivity index (χ2v) is 4.43. The van der Waals surface area contributed by atoms with E-state index in [4.69, 9.17) is 4.74 Å². The third-order valence-corrected chi connectivity index (χ3v) is 3.00. The van der Waals surface area contributed by atoms with Crippen LogP contribution < -0.4 is 15.4 Å². The molecule has 0 spiro atoms. The van der Waals surface area contributed by atoms with Crippen LogP contribution in [0.3, 0.4) is 0 Å². The van der Waals surface area contributed by atoms with Crippen molar-refractivity contribution in [3.8, 4) is 5.75 Å². The van der Waals surface area contributed by atoms with E-state index >= 15 is 0 Å². The van der Waals surface area contributed by atoms with Gasteiger partial charge in [-0.2, -0.15) is 0 Å². The fourth-order valence-corrected chi connectivity index (χ4v) is 2.06. The highest BCUT2D eigenvalue weighted by atomic mass is 16.5. The zero-order valence-corrected chi connectivity index (χ0v) is 10.8. The number of carbonyl (C=O) groups excluding carboxylic acids is 1. The highest BCUT2D eigenvalue weighted by molar-refractivity contribution is 5.91. The third kappa shape index (κ3) is 2.92. The van der Waals surface area contributed by atoms with Gasteiger partial charge in [-0.25, -0.2) is 4.79 Å². The van der Waals surface area contributed by atoms with Crippen LogP contribution >= 0.6 is 0 Å². The van der Waals surface area contributed by atoms with Crippen LogP contribution in [-0.4, -0.2) is 43.7 Å². The van der Waals surface area contributed by atoms with Crippen LogP contribution in [0.4, 0.5) is 10.5 Å². The maximum Gasteiger partial charge on any atom is 0.322 e. The van der Waals surface area contributed by atoms with Crippen molar-refractivity contribution < 1.29 is 9.53 Å². The maximum absolute atomic E-state index is 12.1. The number of methoxy groups -OCH3 is 1. The van der Waals surface area contributed by atoms with E-state index in [1.807, 2.05) is 29.2 Å². The average Bonchev–Trinajstić information content (AvgIpc) is 2.39. The largest absolute Gasteiger partial charge is 0.495 e. The summed E-state index contributed by atoms with van der Waals surface area (Å²) < 4.78 is 5.21. The van der Waals surface area contributed by atoms with Gasteiger partial charge in [0.15, 0.2) is 0 Å². The summed E-state index contributed by atoms with van der Waals surface area (Å²) in [6, 6.07) is 7.67. The minimum atomic E-state index is -0.0761. The van der Waals surface area contributed by atoms with E-state index in [1.54, 1.807) is 7.11 Å². The standard InChI is InChI=1S/C13H19N3O2/c1-10-9-16(8-7-14-10)13(17)15-11-5-3-4-6-12(11)18-2/h3-6,10,14H,7-9H2,1-2H3,(H,15,17)/t10-/m0/s1. The van der Waals surface area contributed by atoms with Gasteiger partial charge in [0.1, 0.15) is 5.75 Å². The molecule has 1 fully saturated rings. The van der Waals surface area contributed by atoms with Gasteiger partial charge in [-0.3, -0.25) is 0 Å². The number of nitrogens with one attached hydrogen (secondary N) is 2. The molecule has 0 aromatic heterocycles. The van der Waals surface area contributed by atoms with Crippen molar-refractivity contribution in [2.45, 2.75) is 13.0 Å². The van der Waals surface area contributed by atoms with Gasteiger partial charge < -0.3 is 20.3 Å². The molecule has 5 nitrogen and oxygen atoms in total. The quantitative estimate of drug-likeness (QED) is 0.835. The van der Waals surface area contributed by atoms with Gasteiger partial charge >= 0.3 is 6.03 Å². The summed E-state index contributed by atoms with van der Waals surface area (Å²) in [5.41, 5.74) is 0.705. The van der Waals surface area contributed by atoms with Gasteiger partial charge in [0.25, 0.3) is 0 Å². The number of piperazine rings is 1. The predicted molar refractivity (Wildman–Crippen MR) is 71.1 cm³/mol. The Morgan fingerprint density at radius 1 is 1.50 bits per heavy atom. The third-order valence-electron chi connectivity index (χ3n) is 3.00. The SMILES string of the molecule is COc1ccccc1NC(=O)N1CCN[C@@H](C)C1. The molecule has 0 radical (unpaired) electrons. The summed E-state index contributed by atoms with van der Waals surface area (Å²) in [6.07, 6.45) is 0. The molecule has 1 aliphatic rings. The first kappa shape index (κ1) is 12.7. The Hall–Kier alpha value is -1.75. The van der Waals surface area contributed by atoms with Crippen LogP contribution in [0.1, 0.15) is 6.92 Å². The molecular weight excluding hydrogens is 230 g/mol. The van der Waals surface area contributed by atoms with E-state index in [2.05, 4.69) is 17.6 Å². The molecule has 18 heavy (non-hydrogen) atoms. The lowest BCUT2D eigenvalue weighted by Gasteiger charge is -2.32. The van der Waals surface area contributed by atoms with Crippen LogP contribution in [-0.2, 0) is 0 Å². The first-order chi connectivity index (χ1) is 8.70. The first-order valence-electron chi connectivity index (χ1n) is 6.13. The van der Waals surface area contributed by atoms with Crippen LogP contribution in [0, 0.1) is 0 Å². The summed E-state index contributed by atoms with van der Waals surface area (Å²) >= 11 is 0. The Morgan fingerprint density at radius 2 is 2.28 bits per heavy atom. The minimum Gasteiger partial charge on any atom is -0.495 e. The molecule has 1 heterocycles. The molecule has 0 bridgehead atoms. The molecule has 1 aromatic rings. The Balaban J connectivity index is 2.02. The fraction of sp³-hybridized carbons (Fsp3) is 0.462. The van der Waals surface area contributed by atoms with Crippen molar-refractivity contribution in [1.82, 2.24) is 10.2 Å². The van der Waals surface area contributed by atoms with Gasteiger partial charge in [-0.05, 0) is 19.1 Å². The van der Waals surface area contributed by atoms with Crippen LogP contribution in [0.2, 0.25) is 0 Å². The number of amides is 2. The molecule has 2 rings (SSSR count). The van der Waals surface area contributed by atoms with E-state index < -0.39 is 0 Å². The zero-order chi connectivity index (χ0) is 13.0. The maximum atomic E-state index is 12.1. The van der Waals surface area contributed by atoms with Gasteiger partial charge in [-0.15, -0.1) is 0 Å². The van der Waals surface area contributed by atoms with Crippen LogP contribution in [0.15, 0.2) is 24.3 Å². The molecule has 1 saturated heterocycles. The number of urea groups is 1. The number of carbonyl (C=O) groups is 1. The van der Waals surface area contributed by atoms with E-state index in [-0.39, 0.29) is 6.03 Å². The van der Waals surface area contributed by atoms with Crippen molar-refractivity contribution in [1.29, 1.82) is 0 Å². The van der Waals surface area contributed by atoms with E-state index in [1.165, 1.54) is 0 Å². The highest BCUT2D eigenvalue weighted by Crippen LogP contribution is 2.23. The molecule has 5 heteroatoms. The Bertz CT molecular complexity index is 422. The monoisotopic (exact) mass is 249 g/mol. The number of benzene rings is 1. The lowest BCUT2D eigenvalue weighted by molar-refractivity contribution is 0.192. The topological polar surface area (TPSA) is 53.6 Å². The van der Waals surface area contributed by atoms with Gasteiger partial charge in [0.05, 0.1) is 12.8 Å². The van der Waals surface area contributed by atoms with E-state index in [0.717, 1.165) is 19.6 Å². The zero-order valence-electron chi connectivity index (χ0n) is 10.8. The fourth-order valence-electron chi connectivity index (χ4n) is 2.06. The molecule has 1 aliphatic heterocycles. The van der Waals surface area contributed by atoms with E-state index in [0.29, 0.717) is 17.5 Å². The molecule has 1 atom stereocenters. The summed E-state index contributed by atoms with van der Waals surface area (Å²) in [7, 11) is 1.60. The number of rotatable bonds is 2. The molecule has 98 valence electrons. The van der Waals surface area contributed by atoms with Gasteiger partial charge in [-0.1, -0.05) is 12.1 Å². The number of anilines is 1. The highest BCUT2D eigenvalue weighted by Gasteiger charge is 2.20. The number of nitrogens with zero attached hydrogens (tertiary/aromatic N) is 1. The molecule has 1 aromatic carbocycles. The Labute approximate surface area is 107 Å². The molecule has 0 saturated carbocycles. The van der Waals surface area contributed by atoms with Gasteiger partial charge in [0, 0.05) is 25.7 Å². The lowest BCUT2D eigenvalue weighted by atomic mass is 10.2. The molecule has 0 unspecified atom stereocenters. The predicted octanol–water partition coefficient (Wildman–Crippen LogP) is 1.52. The number of para-hydroxylation sites is 2. The molecule has 2 N–H and O–H groups in total. The summed E-state index contributed by atoms with van der Waals surface area (Å²) in [5, 5.41) is 6.19. The smallest absolute Gasteiger partial charge is 0.322 e. The van der Waals surface area contributed by atoms with Crippen molar-refractivity contribution in [3.63, 3.8) is 0 Å². The minimum absolute atomic E-state index is 0.0761. The van der Waals surface area contributed by atoms with Crippen molar-refractivity contribution in [3.05, 3.63) is 24.3 Å². The van der Waals surface area contributed by atoms with Crippen molar-refractivity contribution in [2.75, 3.05) is 32.1 Å². The first-order valence-corrected chi connectivity index (χ1v) is 6.13. The molecule has 0 aliphatic carbocycles. The summed E-state index contributed by atoms with van der Waals surface area (Å²) in [4.78, 5) is 13.9. The Morgan fingerprint density at radius 3 is 3.00 bits per heavy atom. The van der Waals surface area contributed by atoms with Crippen LogP contribution in [0.25, 0.3) is 0 Å². The second kappa shape index (κ2) is 5.73. The summed E-state index contributed by atoms with van der Waals surface area (Å²) in [5.74, 6) is 0.675. The normalized spacial score (nSPS) is 19.4. The van der Waals surface area contributed by atoms with Gasteiger partial charge in [0.2, 0.25) is 0 Å². The Kier molecular flexibility index (Phi) is 4.04. The van der Waals surface area contributed by atoms with Crippen molar-refractivity contribution >= 4 is 11.7 Å². The molecular formula is C13H19N3O2. The van der Waals surface area contributed by atoms with Crippen LogP contribution in [0.5, 0.6) is 5.75 Å². The summed E-state index contributed by atoms with van der Waals surface area (Å²) in [6.45, 7) is 4.36. The lowest BCUT2D eigenvalue weighted by Crippen LogP contribution is -2.52. The molecule has 2 amide bonds. The second-order valence-electron chi connectivity index (χ2n) is 4.43. The number of ether oxygens (including phenoxy) is 1. The van der Waals surface area contributed by atoms with E-state index in [9.17, 15) is 4.79 Å².